The van der Waals surface area contributed by atoms with E-state index in [2.05, 4.69) is 32.1 Å². The van der Waals surface area contributed by atoms with Crippen LogP contribution in [0.3, 0.4) is 0 Å². The van der Waals surface area contributed by atoms with Crippen molar-refractivity contribution < 1.29 is 38.5 Å². The van der Waals surface area contributed by atoms with E-state index in [1.807, 2.05) is 65.0 Å². The summed E-state index contributed by atoms with van der Waals surface area (Å²) in [6, 6.07) is 17.0. The first kappa shape index (κ1) is 36.8. The van der Waals surface area contributed by atoms with Gasteiger partial charge in [-0.3, -0.25) is 9.98 Å². The molecule has 50 heavy (non-hydrogen) atoms. The fraction of sp³-hybridized carbons (Fsp3) is 0.154. The second kappa shape index (κ2) is 16.4. The van der Waals surface area contributed by atoms with Crippen LogP contribution in [0.1, 0.15) is 50.3 Å². The number of nitrogens with zero attached hydrogens (tertiary/aromatic N) is 6. The van der Waals surface area contributed by atoms with Gasteiger partial charge >= 0.3 is 25.4 Å². The quantitative estimate of drug-likeness (QED) is 0.114. The predicted molar refractivity (Wildman–Crippen MR) is 187 cm³/mol. The van der Waals surface area contributed by atoms with Crippen molar-refractivity contribution in [3.8, 4) is 23.6 Å². The van der Waals surface area contributed by atoms with Crippen molar-refractivity contribution in [3.05, 3.63) is 140 Å². The van der Waals surface area contributed by atoms with Gasteiger partial charge in [-0.1, -0.05) is 35.2 Å². The molecule has 0 amide bonds. The monoisotopic (exact) mass is 712 g/mol. The number of hydrogen-bond acceptors (Lipinski definition) is 8. The Hall–Kier alpha value is -6.03. The zero-order valence-electron chi connectivity index (χ0n) is 28.6. The van der Waals surface area contributed by atoms with Gasteiger partial charge in [0.1, 0.15) is 34.4 Å². The van der Waals surface area contributed by atoms with E-state index < -0.39 is 5.97 Å². The van der Waals surface area contributed by atoms with Crippen molar-refractivity contribution in [1.29, 1.82) is 10.5 Å². The molecule has 2 aliphatic heterocycles. The number of allylic oxidation sites excluding steroid dienone is 3. The normalized spacial score (nSPS) is 14.4. The Bertz CT molecular complexity index is 2140. The van der Waals surface area contributed by atoms with E-state index in [0.717, 1.165) is 45.0 Å². The zero-order chi connectivity index (χ0) is 35.1. The Kier molecular flexibility index (Phi) is 12.1. The van der Waals surface area contributed by atoms with Crippen molar-refractivity contribution in [2.45, 2.75) is 34.6 Å². The molecule has 0 N–H and O–H groups in total. The number of carbonyl (C=O) groups is 1. The Morgan fingerprint density at radius 1 is 0.780 bits per heavy atom. The van der Waals surface area contributed by atoms with Crippen LogP contribution in [0.15, 0.2) is 100 Å². The Morgan fingerprint density at radius 3 is 1.80 bits per heavy atom. The maximum absolute atomic E-state index is 11.7. The second-order valence-corrected chi connectivity index (χ2v) is 11.3. The van der Waals surface area contributed by atoms with E-state index >= 15 is 0 Å². The maximum atomic E-state index is 11.7. The first-order chi connectivity index (χ1) is 23.6. The fourth-order valence-corrected chi connectivity index (χ4v) is 5.20. The Balaban J connectivity index is 0.000000222. The second-order valence-electron chi connectivity index (χ2n) is 11.3. The van der Waals surface area contributed by atoms with Crippen molar-refractivity contribution in [2.75, 3.05) is 7.11 Å². The fourth-order valence-electron chi connectivity index (χ4n) is 5.20. The van der Waals surface area contributed by atoms with Gasteiger partial charge in [0, 0.05) is 12.4 Å². The van der Waals surface area contributed by atoms with Gasteiger partial charge in [0.2, 0.25) is 0 Å². The number of aryl methyl sites for hydroxylation is 5. The van der Waals surface area contributed by atoms with Gasteiger partial charge in [-0.05, 0) is 99.4 Å². The van der Waals surface area contributed by atoms with Gasteiger partial charge in [0.25, 0.3) is 0 Å². The van der Waals surface area contributed by atoms with Crippen LogP contribution in [0, 0.1) is 57.3 Å². The summed E-state index contributed by atoms with van der Waals surface area (Å²) in [7, 11) is 1.32. The van der Waals surface area contributed by atoms with E-state index in [9.17, 15) is 4.79 Å². The van der Waals surface area contributed by atoms with E-state index in [0.29, 0.717) is 45.4 Å². The van der Waals surface area contributed by atoms with Gasteiger partial charge in [0.05, 0.1) is 35.9 Å². The van der Waals surface area contributed by atoms with Crippen LogP contribution in [0.4, 0.5) is 0 Å². The van der Waals surface area contributed by atoms with Crippen LogP contribution in [-0.4, -0.2) is 25.5 Å². The predicted octanol–water partition coefficient (Wildman–Crippen LogP) is 6.89. The molecular formula is C39H32N6O4Zn. The van der Waals surface area contributed by atoms with Gasteiger partial charge in [-0.2, -0.15) is 22.9 Å². The smallest absolute Gasteiger partial charge is 0.661 e. The number of benzene rings is 2. The average Bonchev–Trinajstić information content (AvgIpc) is 3.93. The Labute approximate surface area is 303 Å². The summed E-state index contributed by atoms with van der Waals surface area (Å²) in [5.74, 6) is 1.96. The number of methoxy groups -OCH3 is 1. The summed E-state index contributed by atoms with van der Waals surface area (Å²) in [6.07, 6.45) is 12.0. The van der Waals surface area contributed by atoms with Crippen LogP contribution in [0.25, 0.3) is 11.5 Å². The molecular weight excluding hydrogens is 682 g/mol. The third kappa shape index (κ3) is 8.33. The molecule has 0 unspecified atom stereocenters. The van der Waals surface area contributed by atoms with E-state index in [-0.39, 0.29) is 19.5 Å². The van der Waals surface area contributed by atoms with Crippen LogP contribution in [0.5, 0.6) is 11.5 Å². The topological polar surface area (TPSA) is 145 Å². The van der Waals surface area contributed by atoms with Gasteiger partial charge in [-0.25, -0.2) is 4.79 Å². The van der Waals surface area contributed by atoms with Crippen molar-refractivity contribution in [2.24, 2.45) is 9.98 Å². The number of rotatable bonds is 7. The number of aliphatic imine (C=N–C) groups is 2. The van der Waals surface area contributed by atoms with E-state index in [4.69, 9.17) is 24.7 Å². The molecule has 0 spiro atoms. The third-order valence-corrected chi connectivity index (χ3v) is 7.45. The largest absolute Gasteiger partial charge is 2.00 e. The van der Waals surface area contributed by atoms with Crippen LogP contribution in [-0.2, 0) is 29.0 Å². The van der Waals surface area contributed by atoms with Crippen LogP contribution in [0.2, 0.25) is 0 Å². The van der Waals surface area contributed by atoms with E-state index in [1.54, 1.807) is 48.9 Å². The standard InChI is InChI=1S/C20H17N3O3.C19H16N3O.Zn/c1-12-7-14(10-21)8-13(2)18(12)26-19(16-5-4-6-22-16)17-9-15(11-23-17)20(24)25-3;1-12-7-17(22-11-12)19(16-5-4-6-21-16)23-18-13(2)8-15(10-20)9-14(18)3;/h4-9,11H,1-3H3,(H,22,23,24);4-9,11H,1-3H3;/q;-1;+2/p-1/b;19-16+;. The number of nitriles is 2. The van der Waals surface area contributed by atoms with Crippen molar-refractivity contribution >= 4 is 29.9 Å². The summed E-state index contributed by atoms with van der Waals surface area (Å²) in [5, 5.41) is 18.2. The number of hydrogen-bond donors (Lipinski definition) is 0. The summed E-state index contributed by atoms with van der Waals surface area (Å²) in [4.78, 5) is 29.0. The molecule has 11 heteroatoms. The van der Waals surface area contributed by atoms with Gasteiger partial charge in [-0.15, -0.1) is 0 Å². The first-order valence-corrected chi connectivity index (χ1v) is 15.2. The Morgan fingerprint density at radius 2 is 1.36 bits per heavy atom. The number of esters is 1. The zero-order valence-corrected chi connectivity index (χ0v) is 31.6. The molecule has 10 nitrogen and oxygen atoms in total. The molecule has 0 saturated heterocycles. The number of aromatic nitrogens is 2. The van der Waals surface area contributed by atoms with Crippen molar-refractivity contribution in [1.82, 2.24) is 9.97 Å². The third-order valence-electron chi connectivity index (χ3n) is 7.45. The van der Waals surface area contributed by atoms with Gasteiger partial charge in [0.15, 0.2) is 0 Å². The molecule has 2 aromatic carbocycles. The SMILES string of the molecule is COC(=O)C1=C/C(=C(\Oc2c(C)cc(C#N)cc2C)c2ccc[n-]2)N=C1.Cc1c[n-]c(/C(Oc2c(C)cc(C#N)cc2C)=C2/C=CC=N2)c1.[Zn+2]. The number of carbonyl (C=O) groups excluding carboxylic acids is 1. The average molecular weight is 714 g/mol. The molecule has 6 rings (SSSR count). The summed E-state index contributed by atoms with van der Waals surface area (Å²) in [6.45, 7) is 9.60. The summed E-state index contributed by atoms with van der Waals surface area (Å²) >= 11 is 0. The molecule has 0 bridgehead atoms. The molecule has 0 atom stereocenters. The molecule has 0 saturated carbocycles. The van der Waals surface area contributed by atoms with Crippen LogP contribution < -0.4 is 19.4 Å². The minimum absolute atomic E-state index is 0. The molecule has 2 aliphatic rings. The minimum atomic E-state index is -0.468. The molecule has 0 fully saturated rings. The van der Waals surface area contributed by atoms with Crippen LogP contribution >= 0.6 is 0 Å². The van der Waals surface area contributed by atoms with Gasteiger partial charge < -0.3 is 24.2 Å². The van der Waals surface area contributed by atoms with Crippen molar-refractivity contribution in [3.63, 3.8) is 0 Å². The number of ether oxygens (including phenoxy) is 3. The molecule has 0 aliphatic carbocycles. The molecule has 4 heterocycles. The maximum Gasteiger partial charge on any atom is 2.00 e. The molecule has 2 aromatic heterocycles. The molecule has 244 valence electrons. The summed E-state index contributed by atoms with van der Waals surface area (Å²) < 4.78 is 17.1. The summed E-state index contributed by atoms with van der Waals surface area (Å²) in [5.41, 5.74) is 8.65. The molecule has 4 aromatic rings. The van der Waals surface area contributed by atoms with E-state index in [1.165, 1.54) is 13.3 Å². The molecule has 0 radical (unpaired) electrons. The minimum Gasteiger partial charge on any atom is -0.661 e. The first-order valence-electron chi connectivity index (χ1n) is 15.2.